The van der Waals surface area contributed by atoms with Crippen LogP contribution in [0.1, 0.15) is 43.0 Å². The van der Waals surface area contributed by atoms with Gasteiger partial charge >= 0.3 is 5.97 Å². The van der Waals surface area contributed by atoms with Crippen LogP contribution in [0.3, 0.4) is 0 Å². The fraction of sp³-hybridized carbons (Fsp3) is 0.467. The number of rotatable bonds is 3. The monoisotopic (exact) mass is 310 g/mol. The van der Waals surface area contributed by atoms with E-state index in [-0.39, 0.29) is 16.5 Å². The minimum absolute atomic E-state index is 0.0439. The molecule has 1 aromatic rings. The number of hydrogen-bond acceptors (Lipinski definition) is 3. The molecule has 0 aliphatic heterocycles. The molecule has 114 valence electrons. The number of amides is 1. The molecule has 1 aliphatic carbocycles. The molecule has 6 heteroatoms. The SMILES string of the molecule is CC1CCCC(N)(C(=O)Nc2ccc(Cl)c(C(=O)O)c2)C1. The van der Waals surface area contributed by atoms with Crippen LogP contribution in [0.25, 0.3) is 0 Å². The third-order valence-corrected chi connectivity index (χ3v) is 4.27. The number of benzene rings is 1. The summed E-state index contributed by atoms with van der Waals surface area (Å²) in [5.74, 6) is -0.994. The molecule has 2 rings (SSSR count). The van der Waals surface area contributed by atoms with Crippen molar-refractivity contribution in [1.29, 1.82) is 0 Å². The highest BCUT2D eigenvalue weighted by Crippen LogP contribution is 2.31. The van der Waals surface area contributed by atoms with Gasteiger partial charge in [-0.05, 0) is 37.0 Å². The van der Waals surface area contributed by atoms with Gasteiger partial charge < -0.3 is 16.2 Å². The van der Waals surface area contributed by atoms with Gasteiger partial charge in [0, 0.05) is 5.69 Å². The van der Waals surface area contributed by atoms with Crippen LogP contribution in [-0.2, 0) is 4.79 Å². The number of carboxylic acids is 1. The van der Waals surface area contributed by atoms with Crippen molar-refractivity contribution >= 4 is 29.2 Å². The number of nitrogens with one attached hydrogen (secondary N) is 1. The molecule has 0 bridgehead atoms. The molecular formula is C15H19ClN2O3. The summed E-state index contributed by atoms with van der Waals surface area (Å²) in [4.78, 5) is 23.4. The third kappa shape index (κ3) is 3.54. The van der Waals surface area contributed by atoms with Gasteiger partial charge in [-0.15, -0.1) is 0 Å². The van der Waals surface area contributed by atoms with Crippen molar-refractivity contribution in [2.45, 2.75) is 38.1 Å². The number of carboxylic acid groups (broad SMARTS) is 1. The fourth-order valence-electron chi connectivity index (χ4n) is 2.82. The predicted molar refractivity (Wildman–Crippen MR) is 81.6 cm³/mol. The second kappa shape index (κ2) is 6.03. The molecule has 2 atom stereocenters. The molecule has 5 nitrogen and oxygen atoms in total. The Labute approximate surface area is 128 Å². The van der Waals surface area contributed by atoms with Crippen LogP contribution in [-0.4, -0.2) is 22.5 Å². The first-order chi connectivity index (χ1) is 9.82. The van der Waals surface area contributed by atoms with Gasteiger partial charge in [0.05, 0.1) is 16.1 Å². The summed E-state index contributed by atoms with van der Waals surface area (Å²) < 4.78 is 0. The van der Waals surface area contributed by atoms with Crippen LogP contribution in [0.15, 0.2) is 18.2 Å². The fourth-order valence-corrected chi connectivity index (χ4v) is 3.02. The lowest BCUT2D eigenvalue weighted by molar-refractivity contribution is -0.122. The normalized spacial score (nSPS) is 25.4. The molecule has 0 saturated heterocycles. The Morgan fingerprint density at radius 1 is 1.48 bits per heavy atom. The molecule has 1 aliphatic rings. The van der Waals surface area contributed by atoms with Crippen molar-refractivity contribution in [1.82, 2.24) is 0 Å². The smallest absolute Gasteiger partial charge is 0.337 e. The minimum atomic E-state index is -1.13. The van der Waals surface area contributed by atoms with Crippen molar-refractivity contribution in [2.24, 2.45) is 11.7 Å². The van der Waals surface area contributed by atoms with Crippen LogP contribution < -0.4 is 11.1 Å². The molecule has 1 amide bonds. The second-order valence-electron chi connectivity index (χ2n) is 5.81. The van der Waals surface area contributed by atoms with E-state index in [1.54, 1.807) is 6.07 Å². The van der Waals surface area contributed by atoms with E-state index in [1.807, 2.05) is 0 Å². The van der Waals surface area contributed by atoms with Gasteiger partial charge in [0.2, 0.25) is 5.91 Å². The summed E-state index contributed by atoms with van der Waals surface area (Å²) in [5.41, 5.74) is 5.68. The average molecular weight is 311 g/mol. The zero-order valence-electron chi connectivity index (χ0n) is 11.9. The zero-order chi connectivity index (χ0) is 15.6. The van der Waals surface area contributed by atoms with E-state index in [1.165, 1.54) is 12.1 Å². The Morgan fingerprint density at radius 3 is 2.81 bits per heavy atom. The van der Waals surface area contributed by atoms with Gasteiger partial charge in [0.25, 0.3) is 0 Å². The molecule has 4 N–H and O–H groups in total. The van der Waals surface area contributed by atoms with Crippen LogP contribution in [0.5, 0.6) is 0 Å². The number of nitrogens with two attached hydrogens (primary N) is 1. The van der Waals surface area contributed by atoms with Gasteiger partial charge in [0.1, 0.15) is 0 Å². The summed E-state index contributed by atoms with van der Waals surface area (Å²) in [6, 6.07) is 4.37. The largest absolute Gasteiger partial charge is 0.478 e. The van der Waals surface area contributed by atoms with Crippen LogP contribution >= 0.6 is 11.6 Å². The van der Waals surface area contributed by atoms with Crippen LogP contribution in [0, 0.1) is 5.92 Å². The zero-order valence-corrected chi connectivity index (χ0v) is 12.6. The lowest BCUT2D eigenvalue weighted by Crippen LogP contribution is -2.53. The molecule has 21 heavy (non-hydrogen) atoms. The van der Waals surface area contributed by atoms with E-state index in [0.29, 0.717) is 24.4 Å². The van der Waals surface area contributed by atoms with E-state index >= 15 is 0 Å². The summed E-state index contributed by atoms with van der Waals surface area (Å²) in [6.07, 6.45) is 3.28. The molecule has 1 aromatic carbocycles. The van der Waals surface area contributed by atoms with Gasteiger partial charge in [-0.1, -0.05) is 31.4 Å². The maximum Gasteiger partial charge on any atom is 0.337 e. The first-order valence-corrected chi connectivity index (χ1v) is 7.33. The number of anilines is 1. The first-order valence-electron chi connectivity index (χ1n) is 6.95. The Kier molecular flexibility index (Phi) is 4.54. The number of halogens is 1. The molecule has 0 aromatic heterocycles. The molecule has 1 fully saturated rings. The quantitative estimate of drug-likeness (QED) is 0.800. The Morgan fingerprint density at radius 2 is 2.19 bits per heavy atom. The lowest BCUT2D eigenvalue weighted by Gasteiger charge is -2.35. The average Bonchev–Trinajstić information content (AvgIpc) is 2.40. The van der Waals surface area contributed by atoms with Crippen LogP contribution in [0.4, 0.5) is 5.69 Å². The molecular weight excluding hydrogens is 292 g/mol. The maximum absolute atomic E-state index is 12.4. The Hall–Kier alpha value is -1.59. The minimum Gasteiger partial charge on any atom is -0.478 e. The Bertz CT molecular complexity index is 576. The maximum atomic E-state index is 12.4. The number of aromatic carboxylic acids is 1. The van der Waals surface area contributed by atoms with Crippen molar-refractivity contribution in [2.75, 3.05) is 5.32 Å². The predicted octanol–water partition coefficient (Wildman–Crippen LogP) is 2.88. The highest BCUT2D eigenvalue weighted by molar-refractivity contribution is 6.33. The number of carbonyl (C=O) groups is 2. The van der Waals surface area contributed by atoms with Gasteiger partial charge in [-0.2, -0.15) is 0 Å². The molecule has 2 unspecified atom stereocenters. The Balaban J connectivity index is 2.16. The summed E-state index contributed by atoms with van der Waals surface area (Å²) in [6.45, 7) is 2.08. The summed E-state index contributed by atoms with van der Waals surface area (Å²) in [7, 11) is 0. The van der Waals surface area contributed by atoms with Crippen molar-refractivity contribution in [3.05, 3.63) is 28.8 Å². The molecule has 1 saturated carbocycles. The standard InChI is InChI=1S/C15H19ClN2O3/c1-9-3-2-6-15(17,8-9)14(21)18-10-4-5-12(16)11(7-10)13(19)20/h4-5,7,9H,2-3,6,8,17H2,1H3,(H,18,21)(H,19,20). The van der Waals surface area contributed by atoms with E-state index in [4.69, 9.17) is 22.4 Å². The van der Waals surface area contributed by atoms with E-state index < -0.39 is 11.5 Å². The lowest BCUT2D eigenvalue weighted by atomic mass is 9.76. The number of carbonyl (C=O) groups excluding carboxylic acids is 1. The van der Waals surface area contributed by atoms with Crippen LogP contribution in [0.2, 0.25) is 5.02 Å². The second-order valence-corrected chi connectivity index (χ2v) is 6.22. The number of hydrogen-bond donors (Lipinski definition) is 3. The van der Waals surface area contributed by atoms with E-state index in [0.717, 1.165) is 12.8 Å². The van der Waals surface area contributed by atoms with Gasteiger partial charge in [-0.25, -0.2) is 4.79 Å². The summed E-state index contributed by atoms with van der Waals surface area (Å²) >= 11 is 5.80. The van der Waals surface area contributed by atoms with E-state index in [2.05, 4.69) is 12.2 Å². The van der Waals surface area contributed by atoms with E-state index in [9.17, 15) is 9.59 Å². The van der Waals surface area contributed by atoms with Gasteiger partial charge in [0.15, 0.2) is 0 Å². The van der Waals surface area contributed by atoms with Crippen molar-refractivity contribution in [3.8, 4) is 0 Å². The highest BCUT2D eigenvalue weighted by Gasteiger charge is 2.38. The molecule has 0 radical (unpaired) electrons. The molecule has 0 heterocycles. The summed E-state index contributed by atoms with van der Waals surface area (Å²) in [5, 5.41) is 11.9. The van der Waals surface area contributed by atoms with Crippen molar-refractivity contribution in [3.63, 3.8) is 0 Å². The van der Waals surface area contributed by atoms with Crippen molar-refractivity contribution < 1.29 is 14.7 Å². The highest BCUT2D eigenvalue weighted by atomic mass is 35.5. The topological polar surface area (TPSA) is 92.4 Å². The van der Waals surface area contributed by atoms with Gasteiger partial charge in [-0.3, -0.25) is 4.79 Å². The third-order valence-electron chi connectivity index (χ3n) is 3.94. The molecule has 0 spiro atoms. The first kappa shape index (κ1) is 15.8.